The number of halogens is 2. The van der Waals surface area contributed by atoms with Gasteiger partial charge in [0.15, 0.2) is 0 Å². The molecule has 0 heterocycles. The Morgan fingerprint density at radius 2 is 1.40 bits per heavy atom. The number of hydrogen-bond acceptors (Lipinski definition) is 1. The van der Waals surface area contributed by atoms with Gasteiger partial charge in [-0.25, -0.2) is 8.78 Å². The van der Waals surface area contributed by atoms with E-state index >= 15 is 0 Å². The van der Waals surface area contributed by atoms with Crippen LogP contribution in [0.1, 0.15) is 22.3 Å². The Morgan fingerprint density at radius 1 is 0.950 bits per heavy atom. The van der Waals surface area contributed by atoms with E-state index in [1.807, 2.05) is 13.8 Å². The van der Waals surface area contributed by atoms with Crippen LogP contribution in [-0.2, 0) is 0 Å². The molecule has 0 amide bonds. The third-order valence-corrected chi connectivity index (χ3v) is 3.30. The van der Waals surface area contributed by atoms with Gasteiger partial charge in [-0.2, -0.15) is 0 Å². The fourth-order valence-electron chi connectivity index (χ4n) is 2.25. The van der Waals surface area contributed by atoms with Gasteiger partial charge in [0.05, 0.1) is 0 Å². The van der Waals surface area contributed by atoms with Crippen LogP contribution in [0.5, 0.6) is 0 Å². The van der Waals surface area contributed by atoms with Gasteiger partial charge < -0.3 is 5.73 Å². The third-order valence-electron chi connectivity index (χ3n) is 3.30. The summed E-state index contributed by atoms with van der Waals surface area (Å²) in [4.78, 5) is 0. The normalized spacial score (nSPS) is 10.4. The summed E-state index contributed by atoms with van der Waals surface area (Å²) in [7, 11) is 0. The molecule has 20 heavy (non-hydrogen) atoms. The van der Waals surface area contributed by atoms with E-state index in [4.69, 9.17) is 5.73 Å². The summed E-state index contributed by atoms with van der Waals surface area (Å²) in [5.41, 5.74) is 9.71. The van der Waals surface area contributed by atoms with Gasteiger partial charge in [-0.3, -0.25) is 0 Å². The first-order valence-electron chi connectivity index (χ1n) is 6.46. The molecular formula is C17H17F2N. The lowest BCUT2D eigenvalue weighted by atomic mass is 9.91. The van der Waals surface area contributed by atoms with E-state index in [-0.39, 0.29) is 11.6 Å². The summed E-state index contributed by atoms with van der Waals surface area (Å²) in [5.74, 6) is -0.634. The van der Waals surface area contributed by atoms with Gasteiger partial charge in [-0.05, 0) is 65.9 Å². The van der Waals surface area contributed by atoms with Crippen molar-refractivity contribution in [3.05, 3.63) is 76.4 Å². The van der Waals surface area contributed by atoms with Crippen molar-refractivity contribution >= 4 is 5.57 Å². The van der Waals surface area contributed by atoms with Gasteiger partial charge in [-0.1, -0.05) is 18.2 Å². The van der Waals surface area contributed by atoms with Crippen LogP contribution in [0.3, 0.4) is 0 Å². The largest absolute Gasteiger partial charge is 0.327 e. The zero-order chi connectivity index (χ0) is 14.7. The van der Waals surface area contributed by atoms with Gasteiger partial charge in [-0.15, -0.1) is 0 Å². The predicted octanol–water partition coefficient (Wildman–Crippen LogP) is 3.97. The van der Waals surface area contributed by atoms with Crippen molar-refractivity contribution in [3.8, 4) is 0 Å². The Balaban J connectivity index is 2.66. The molecule has 2 aromatic rings. The first kappa shape index (κ1) is 14.4. The second-order valence-electron chi connectivity index (χ2n) is 4.77. The fourth-order valence-corrected chi connectivity index (χ4v) is 2.25. The summed E-state index contributed by atoms with van der Waals surface area (Å²) in [6.45, 7) is 4.10. The molecule has 0 aliphatic rings. The zero-order valence-corrected chi connectivity index (χ0v) is 11.6. The maximum atomic E-state index is 13.5. The molecule has 0 unspecified atom stereocenters. The van der Waals surface area contributed by atoms with E-state index < -0.39 is 0 Å². The van der Waals surface area contributed by atoms with Gasteiger partial charge in [0.2, 0.25) is 0 Å². The Bertz CT molecular complexity index is 607. The molecule has 0 spiro atoms. The molecule has 0 saturated heterocycles. The lowest BCUT2D eigenvalue weighted by Gasteiger charge is -2.14. The van der Waals surface area contributed by atoms with Gasteiger partial charge in [0.25, 0.3) is 0 Å². The number of nitrogens with two attached hydrogens (primary N) is 1. The molecule has 0 atom stereocenters. The van der Waals surface area contributed by atoms with Gasteiger partial charge >= 0.3 is 0 Å². The smallest absolute Gasteiger partial charge is 0.123 e. The number of aryl methyl sites for hydroxylation is 2. The van der Waals surface area contributed by atoms with E-state index in [1.165, 1.54) is 24.3 Å². The van der Waals surface area contributed by atoms with E-state index in [9.17, 15) is 8.78 Å². The zero-order valence-electron chi connectivity index (χ0n) is 11.6. The van der Waals surface area contributed by atoms with E-state index in [0.717, 1.165) is 27.8 Å². The van der Waals surface area contributed by atoms with E-state index in [1.54, 1.807) is 18.2 Å². The molecule has 0 aliphatic carbocycles. The Hall–Kier alpha value is -2.00. The molecule has 3 heteroatoms. The Labute approximate surface area is 117 Å². The van der Waals surface area contributed by atoms with E-state index in [0.29, 0.717) is 6.54 Å². The minimum atomic E-state index is -0.317. The maximum absolute atomic E-state index is 13.5. The molecule has 0 aliphatic heterocycles. The van der Waals surface area contributed by atoms with Crippen molar-refractivity contribution < 1.29 is 8.78 Å². The number of benzene rings is 2. The highest BCUT2D eigenvalue weighted by molar-refractivity contribution is 5.82. The van der Waals surface area contributed by atoms with E-state index in [2.05, 4.69) is 0 Å². The Kier molecular flexibility index (Phi) is 4.30. The second-order valence-corrected chi connectivity index (χ2v) is 4.77. The number of hydrogen-bond donors (Lipinski definition) is 1. The molecule has 104 valence electrons. The predicted molar refractivity (Wildman–Crippen MR) is 78.4 cm³/mol. The molecule has 0 bridgehead atoms. The van der Waals surface area contributed by atoms with Gasteiger partial charge in [0.1, 0.15) is 11.6 Å². The van der Waals surface area contributed by atoms with Crippen molar-refractivity contribution in [3.63, 3.8) is 0 Å². The highest BCUT2D eigenvalue weighted by Gasteiger charge is 2.12. The topological polar surface area (TPSA) is 26.0 Å². The lowest BCUT2D eigenvalue weighted by molar-refractivity contribution is 0.626. The molecule has 0 radical (unpaired) electrons. The van der Waals surface area contributed by atoms with Crippen molar-refractivity contribution in [1.29, 1.82) is 0 Å². The first-order chi connectivity index (χ1) is 9.52. The quantitative estimate of drug-likeness (QED) is 0.899. The molecule has 2 aromatic carbocycles. The average Bonchev–Trinajstić information content (AvgIpc) is 2.42. The summed E-state index contributed by atoms with van der Waals surface area (Å²) < 4.78 is 27.0. The SMILES string of the molecule is Cc1ccc(F)cc1C(=CCN)c1cc(F)ccc1C. The van der Waals surface area contributed by atoms with Crippen LogP contribution in [0.4, 0.5) is 8.78 Å². The summed E-state index contributed by atoms with van der Waals surface area (Å²) in [6, 6.07) is 9.17. The van der Waals surface area contributed by atoms with Crippen molar-refractivity contribution in [2.24, 2.45) is 5.73 Å². The molecule has 0 saturated carbocycles. The van der Waals surface area contributed by atoms with Crippen LogP contribution in [0, 0.1) is 25.5 Å². The van der Waals surface area contributed by atoms with Crippen molar-refractivity contribution in [1.82, 2.24) is 0 Å². The van der Waals surface area contributed by atoms with Gasteiger partial charge in [0, 0.05) is 6.54 Å². The molecule has 2 N–H and O–H groups in total. The molecule has 1 nitrogen and oxygen atoms in total. The van der Waals surface area contributed by atoms with Crippen molar-refractivity contribution in [2.45, 2.75) is 13.8 Å². The second kappa shape index (κ2) is 5.97. The molecular weight excluding hydrogens is 256 g/mol. The first-order valence-corrected chi connectivity index (χ1v) is 6.46. The average molecular weight is 273 g/mol. The van der Waals surface area contributed by atoms with Crippen LogP contribution >= 0.6 is 0 Å². The minimum Gasteiger partial charge on any atom is -0.327 e. The lowest BCUT2D eigenvalue weighted by Crippen LogP contribution is -2.01. The highest BCUT2D eigenvalue weighted by Crippen LogP contribution is 2.29. The maximum Gasteiger partial charge on any atom is 0.123 e. The summed E-state index contributed by atoms with van der Waals surface area (Å²) in [6.07, 6.45) is 1.80. The van der Waals surface area contributed by atoms with Crippen LogP contribution in [0.15, 0.2) is 42.5 Å². The van der Waals surface area contributed by atoms with Crippen LogP contribution in [0.25, 0.3) is 5.57 Å². The van der Waals surface area contributed by atoms with Crippen LogP contribution in [-0.4, -0.2) is 6.54 Å². The number of rotatable bonds is 3. The standard InChI is InChI=1S/C17H17F2N/c1-11-3-5-13(18)9-16(11)15(7-8-20)17-10-14(19)6-4-12(17)2/h3-7,9-10H,8,20H2,1-2H3. The minimum absolute atomic E-state index is 0.307. The Morgan fingerprint density at radius 3 is 1.80 bits per heavy atom. The van der Waals surface area contributed by atoms with Crippen LogP contribution in [0.2, 0.25) is 0 Å². The molecule has 0 fully saturated rings. The summed E-state index contributed by atoms with van der Waals surface area (Å²) in [5, 5.41) is 0. The molecule has 0 aromatic heterocycles. The monoisotopic (exact) mass is 273 g/mol. The highest BCUT2D eigenvalue weighted by atomic mass is 19.1. The van der Waals surface area contributed by atoms with Crippen LogP contribution < -0.4 is 5.73 Å². The fraction of sp³-hybridized carbons (Fsp3) is 0.176. The van der Waals surface area contributed by atoms with Crippen molar-refractivity contribution in [2.75, 3.05) is 6.54 Å². The summed E-state index contributed by atoms with van der Waals surface area (Å²) >= 11 is 0. The third kappa shape index (κ3) is 2.94. The molecule has 2 rings (SSSR count).